The summed E-state index contributed by atoms with van der Waals surface area (Å²) < 4.78 is 0. The maximum Gasteiger partial charge on any atom is 0.222 e. The number of rotatable bonds is 7. The number of hydrogen-bond donors (Lipinski definition) is 0. The van der Waals surface area contributed by atoms with Crippen LogP contribution in [-0.4, -0.2) is 68.8 Å². The Hall–Kier alpha value is -0.360. The SMILES string of the molecule is CCC1C(C)SCCN1C(=O)CCCCC(=O)N1CCSC(C)C1CC. The van der Waals surface area contributed by atoms with E-state index >= 15 is 0 Å². The van der Waals surface area contributed by atoms with E-state index in [4.69, 9.17) is 0 Å². The molecule has 2 heterocycles. The predicted octanol–water partition coefficient (Wildman–Crippen LogP) is 4.03. The predicted molar refractivity (Wildman–Crippen MR) is 114 cm³/mol. The first kappa shape index (κ1) is 21.9. The lowest BCUT2D eigenvalue weighted by atomic mass is 10.1. The highest BCUT2D eigenvalue weighted by Crippen LogP contribution is 2.28. The lowest BCUT2D eigenvalue weighted by Gasteiger charge is -2.39. The van der Waals surface area contributed by atoms with E-state index < -0.39 is 0 Å². The standard InChI is InChI=1S/C20H36N2O2S2/c1-5-17-15(3)25-13-11-21(17)19(23)9-7-8-10-20(24)22-12-14-26-16(4)18(22)6-2/h15-18H,5-14H2,1-4H3. The molecule has 0 radical (unpaired) electrons. The van der Waals surface area contributed by atoms with Gasteiger partial charge in [-0.25, -0.2) is 0 Å². The Kier molecular flexibility index (Phi) is 9.15. The van der Waals surface area contributed by atoms with E-state index in [2.05, 4.69) is 37.5 Å². The molecule has 2 fully saturated rings. The molecule has 0 aliphatic carbocycles. The van der Waals surface area contributed by atoms with Gasteiger partial charge in [0.2, 0.25) is 11.8 Å². The molecule has 2 aliphatic heterocycles. The van der Waals surface area contributed by atoms with Gasteiger partial charge >= 0.3 is 0 Å². The number of unbranched alkanes of at least 4 members (excludes halogenated alkanes) is 1. The zero-order chi connectivity index (χ0) is 19.1. The van der Waals surface area contributed by atoms with Crippen molar-refractivity contribution in [3.63, 3.8) is 0 Å². The monoisotopic (exact) mass is 400 g/mol. The molecule has 4 atom stereocenters. The van der Waals surface area contributed by atoms with Crippen LogP contribution in [0.2, 0.25) is 0 Å². The van der Waals surface area contributed by atoms with Crippen LogP contribution in [0.3, 0.4) is 0 Å². The third-order valence-corrected chi connectivity index (χ3v) is 8.34. The van der Waals surface area contributed by atoms with Gasteiger partial charge in [0.15, 0.2) is 0 Å². The topological polar surface area (TPSA) is 40.6 Å². The van der Waals surface area contributed by atoms with Gasteiger partial charge in [-0.3, -0.25) is 9.59 Å². The molecule has 2 amide bonds. The summed E-state index contributed by atoms with van der Waals surface area (Å²) in [6, 6.07) is 0.751. The van der Waals surface area contributed by atoms with E-state index in [0.717, 1.165) is 50.3 Å². The fourth-order valence-corrected chi connectivity index (χ4v) is 6.77. The van der Waals surface area contributed by atoms with Crippen LogP contribution in [0, 0.1) is 0 Å². The molecule has 0 spiro atoms. The fourth-order valence-electron chi connectivity index (χ4n) is 4.30. The molecular formula is C20H36N2O2S2. The van der Waals surface area contributed by atoms with Gasteiger partial charge in [-0.2, -0.15) is 23.5 Å². The van der Waals surface area contributed by atoms with Crippen molar-refractivity contribution < 1.29 is 9.59 Å². The Morgan fingerprint density at radius 3 is 1.54 bits per heavy atom. The first-order chi connectivity index (χ1) is 12.5. The summed E-state index contributed by atoms with van der Waals surface area (Å²) in [5, 5.41) is 1.06. The molecule has 150 valence electrons. The summed E-state index contributed by atoms with van der Waals surface area (Å²) >= 11 is 3.95. The highest BCUT2D eigenvalue weighted by atomic mass is 32.2. The van der Waals surface area contributed by atoms with Gasteiger partial charge in [-0.15, -0.1) is 0 Å². The molecule has 0 bridgehead atoms. The molecule has 4 nitrogen and oxygen atoms in total. The Labute approximate surface area is 168 Å². The maximum atomic E-state index is 12.6. The van der Waals surface area contributed by atoms with Crippen LogP contribution in [0.1, 0.15) is 66.2 Å². The molecule has 2 saturated heterocycles. The average Bonchev–Trinajstić information content (AvgIpc) is 2.64. The molecular weight excluding hydrogens is 364 g/mol. The highest BCUT2D eigenvalue weighted by molar-refractivity contribution is 8.00. The number of nitrogens with zero attached hydrogens (tertiary/aromatic N) is 2. The Balaban J connectivity index is 1.74. The third kappa shape index (κ3) is 5.57. The van der Waals surface area contributed by atoms with Crippen LogP contribution < -0.4 is 0 Å². The van der Waals surface area contributed by atoms with Crippen molar-refractivity contribution in [2.75, 3.05) is 24.6 Å². The Morgan fingerprint density at radius 2 is 1.19 bits per heavy atom. The van der Waals surface area contributed by atoms with E-state index in [0.29, 0.717) is 35.4 Å². The summed E-state index contributed by atoms with van der Waals surface area (Å²) in [6.07, 6.45) is 4.89. The zero-order valence-corrected chi connectivity index (χ0v) is 18.5. The molecule has 4 unspecified atom stereocenters. The number of thioether (sulfide) groups is 2. The van der Waals surface area contributed by atoms with E-state index in [9.17, 15) is 9.59 Å². The molecule has 2 rings (SSSR count). The quantitative estimate of drug-likeness (QED) is 0.605. The van der Waals surface area contributed by atoms with Crippen molar-refractivity contribution >= 4 is 35.3 Å². The van der Waals surface area contributed by atoms with E-state index in [1.807, 2.05) is 23.5 Å². The second-order valence-electron chi connectivity index (χ2n) is 7.48. The second kappa shape index (κ2) is 10.8. The van der Waals surface area contributed by atoms with Crippen molar-refractivity contribution in [1.82, 2.24) is 9.80 Å². The minimum absolute atomic E-state index is 0.283. The molecule has 0 saturated carbocycles. The summed E-state index contributed by atoms with van der Waals surface area (Å²) in [7, 11) is 0. The third-order valence-electron chi connectivity index (χ3n) is 5.82. The van der Waals surface area contributed by atoms with Crippen LogP contribution in [0.4, 0.5) is 0 Å². The number of amides is 2. The van der Waals surface area contributed by atoms with Crippen molar-refractivity contribution in [3.05, 3.63) is 0 Å². The fraction of sp³-hybridized carbons (Fsp3) is 0.900. The van der Waals surface area contributed by atoms with Gasteiger partial charge in [0.05, 0.1) is 0 Å². The molecule has 26 heavy (non-hydrogen) atoms. The Morgan fingerprint density at radius 1 is 0.808 bits per heavy atom. The lowest BCUT2D eigenvalue weighted by molar-refractivity contribution is -0.135. The summed E-state index contributed by atoms with van der Waals surface area (Å²) in [6.45, 7) is 10.6. The van der Waals surface area contributed by atoms with E-state index in [1.54, 1.807) is 0 Å². The van der Waals surface area contributed by atoms with Gasteiger partial charge in [0.25, 0.3) is 0 Å². The summed E-state index contributed by atoms with van der Waals surface area (Å²) in [5.41, 5.74) is 0. The van der Waals surface area contributed by atoms with Crippen LogP contribution in [0.5, 0.6) is 0 Å². The van der Waals surface area contributed by atoms with Crippen LogP contribution >= 0.6 is 23.5 Å². The molecule has 0 aromatic rings. The van der Waals surface area contributed by atoms with Crippen molar-refractivity contribution in [3.8, 4) is 0 Å². The molecule has 0 aromatic carbocycles. The lowest BCUT2D eigenvalue weighted by Crippen LogP contribution is -2.49. The molecule has 0 N–H and O–H groups in total. The minimum Gasteiger partial charge on any atom is -0.338 e. The average molecular weight is 401 g/mol. The Bertz CT molecular complexity index is 433. The smallest absolute Gasteiger partial charge is 0.222 e. The second-order valence-corrected chi connectivity index (χ2v) is 10.5. The van der Waals surface area contributed by atoms with Gasteiger partial charge in [0.1, 0.15) is 0 Å². The first-order valence-corrected chi connectivity index (χ1v) is 12.4. The minimum atomic E-state index is 0.283. The zero-order valence-electron chi connectivity index (χ0n) is 16.9. The van der Waals surface area contributed by atoms with Crippen LogP contribution in [-0.2, 0) is 9.59 Å². The van der Waals surface area contributed by atoms with E-state index in [1.165, 1.54) is 0 Å². The van der Waals surface area contributed by atoms with Crippen molar-refractivity contribution in [1.29, 1.82) is 0 Å². The van der Waals surface area contributed by atoms with Gasteiger partial charge in [-0.1, -0.05) is 27.7 Å². The van der Waals surface area contributed by atoms with E-state index in [-0.39, 0.29) is 11.8 Å². The summed E-state index contributed by atoms with van der Waals surface area (Å²) in [5.74, 6) is 2.66. The van der Waals surface area contributed by atoms with Gasteiger partial charge in [-0.05, 0) is 25.7 Å². The first-order valence-electron chi connectivity index (χ1n) is 10.3. The number of carbonyl (C=O) groups is 2. The van der Waals surface area contributed by atoms with Crippen LogP contribution in [0.25, 0.3) is 0 Å². The normalized spacial score (nSPS) is 29.7. The molecule has 6 heteroatoms. The molecule has 2 aliphatic rings. The van der Waals surface area contributed by atoms with Gasteiger partial charge in [0, 0.05) is 60.0 Å². The molecule has 0 aromatic heterocycles. The number of carbonyl (C=O) groups excluding carboxylic acids is 2. The van der Waals surface area contributed by atoms with Crippen LogP contribution in [0.15, 0.2) is 0 Å². The van der Waals surface area contributed by atoms with Gasteiger partial charge < -0.3 is 9.80 Å². The van der Waals surface area contributed by atoms with Crippen molar-refractivity contribution in [2.24, 2.45) is 0 Å². The maximum absolute atomic E-state index is 12.6. The number of hydrogen-bond acceptors (Lipinski definition) is 4. The highest BCUT2D eigenvalue weighted by Gasteiger charge is 2.32. The summed E-state index contributed by atoms with van der Waals surface area (Å²) in [4.78, 5) is 29.4. The van der Waals surface area contributed by atoms with Crippen molar-refractivity contribution in [2.45, 2.75) is 88.8 Å². The largest absolute Gasteiger partial charge is 0.338 e.